The van der Waals surface area contributed by atoms with Gasteiger partial charge < -0.3 is 9.84 Å². The van der Waals surface area contributed by atoms with E-state index < -0.39 is 6.10 Å². The zero-order valence-electron chi connectivity index (χ0n) is 12.4. The number of aliphatic hydroxyl groups excluding tert-OH is 1. The van der Waals surface area contributed by atoms with Crippen LogP contribution in [0.5, 0.6) is 5.75 Å². The highest BCUT2D eigenvalue weighted by Gasteiger charge is 2.11. The number of hydrogen-bond acceptors (Lipinski definition) is 4. The largest absolute Gasteiger partial charge is 0.487 e. The van der Waals surface area contributed by atoms with Crippen molar-refractivity contribution in [3.63, 3.8) is 0 Å². The Hall–Kier alpha value is -1.39. The van der Waals surface area contributed by atoms with Crippen molar-refractivity contribution in [3.8, 4) is 5.75 Å². The third-order valence-electron chi connectivity index (χ3n) is 3.05. The summed E-state index contributed by atoms with van der Waals surface area (Å²) in [5.74, 6) is 1.17. The summed E-state index contributed by atoms with van der Waals surface area (Å²) in [5.41, 5.74) is 2.88. The molecule has 0 saturated heterocycles. The van der Waals surface area contributed by atoms with Gasteiger partial charge in [-0.05, 0) is 26.0 Å². The Labute approximate surface area is 124 Å². The van der Waals surface area contributed by atoms with E-state index >= 15 is 0 Å². The van der Waals surface area contributed by atoms with Gasteiger partial charge in [-0.1, -0.05) is 25.5 Å². The average molecular weight is 291 g/mol. The Morgan fingerprint density at radius 2 is 2.05 bits per heavy atom. The molecule has 0 unspecified atom stereocenters. The highest BCUT2D eigenvalue weighted by Crippen LogP contribution is 2.27. The molecule has 0 amide bonds. The van der Waals surface area contributed by atoms with Gasteiger partial charge in [0.2, 0.25) is 0 Å². The molecule has 3 nitrogen and oxygen atoms in total. The Kier molecular flexibility index (Phi) is 4.78. The number of aryl methyl sites for hydroxylation is 1. The fraction of sp³-hybridized carbons (Fsp3) is 0.438. The van der Waals surface area contributed by atoms with Crippen molar-refractivity contribution in [3.05, 3.63) is 45.4 Å². The van der Waals surface area contributed by atoms with Crippen LogP contribution in [0.4, 0.5) is 0 Å². The van der Waals surface area contributed by atoms with E-state index in [1.807, 2.05) is 30.5 Å². The molecule has 0 spiro atoms. The van der Waals surface area contributed by atoms with Crippen molar-refractivity contribution in [2.45, 2.75) is 46.3 Å². The van der Waals surface area contributed by atoms with Gasteiger partial charge in [-0.25, -0.2) is 4.98 Å². The number of hydrogen-bond donors (Lipinski definition) is 1. The quantitative estimate of drug-likeness (QED) is 0.897. The van der Waals surface area contributed by atoms with Gasteiger partial charge in [0.1, 0.15) is 12.4 Å². The molecular weight excluding hydrogens is 270 g/mol. The number of rotatable bonds is 5. The molecule has 4 heteroatoms. The van der Waals surface area contributed by atoms with Crippen LogP contribution >= 0.6 is 11.3 Å². The third kappa shape index (κ3) is 3.58. The minimum absolute atomic E-state index is 0.437. The molecular formula is C16H21NO2S. The van der Waals surface area contributed by atoms with E-state index in [9.17, 15) is 5.11 Å². The molecule has 0 aliphatic rings. The molecule has 1 atom stereocenters. The molecule has 1 N–H and O–H groups in total. The van der Waals surface area contributed by atoms with Crippen LogP contribution in [-0.4, -0.2) is 10.1 Å². The summed E-state index contributed by atoms with van der Waals surface area (Å²) in [4.78, 5) is 4.55. The van der Waals surface area contributed by atoms with Crippen molar-refractivity contribution >= 4 is 11.3 Å². The van der Waals surface area contributed by atoms with Crippen LogP contribution in [-0.2, 0) is 6.61 Å². The lowest BCUT2D eigenvalue weighted by atomic mass is 10.1. The maximum Gasteiger partial charge on any atom is 0.131 e. The minimum atomic E-state index is -0.536. The van der Waals surface area contributed by atoms with Gasteiger partial charge in [0, 0.05) is 16.9 Å². The second-order valence-electron chi connectivity index (χ2n) is 5.34. The molecule has 1 aromatic carbocycles. The second kappa shape index (κ2) is 6.37. The van der Waals surface area contributed by atoms with Gasteiger partial charge in [-0.3, -0.25) is 0 Å². The number of ether oxygens (including phenoxy) is 1. The van der Waals surface area contributed by atoms with Crippen LogP contribution in [0.25, 0.3) is 0 Å². The molecule has 0 bridgehead atoms. The number of nitrogens with zero attached hydrogens (tertiary/aromatic N) is 1. The molecule has 1 aromatic heterocycles. The van der Waals surface area contributed by atoms with Gasteiger partial charge >= 0.3 is 0 Å². The summed E-state index contributed by atoms with van der Waals surface area (Å²) < 4.78 is 5.82. The number of aromatic nitrogens is 1. The summed E-state index contributed by atoms with van der Waals surface area (Å²) in [5, 5.41) is 13.0. The molecule has 2 rings (SSSR count). The lowest BCUT2D eigenvalue weighted by Gasteiger charge is -2.13. The van der Waals surface area contributed by atoms with Gasteiger partial charge in [-0.2, -0.15) is 0 Å². The lowest BCUT2D eigenvalue weighted by Crippen LogP contribution is -2.02. The predicted molar refractivity (Wildman–Crippen MR) is 82.3 cm³/mol. The molecule has 108 valence electrons. The van der Waals surface area contributed by atoms with Crippen LogP contribution in [0, 0.1) is 6.92 Å². The van der Waals surface area contributed by atoms with Crippen molar-refractivity contribution < 1.29 is 9.84 Å². The number of thiazole rings is 1. The van der Waals surface area contributed by atoms with Crippen LogP contribution in [0.15, 0.2) is 23.6 Å². The summed E-state index contributed by atoms with van der Waals surface area (Å²) in [7, 11) is 0. The summed E-state index contributed by atoms with van der Waals surface area (Å²) in [6, 6.07) is 5.86. The first kappa shape index (κ1) is 15.0. The molecule has 0 aliphatic heterocycles. The molecule has 2 aromatic rings. The van der Waals surface area contributed by atoms with E-state index in [0.717, 1.165) is 27.6 Å². The van der Waals surface area contributed by atoms with Crippen LogP contribution in [0.3, 0.4) is 0 Å². The molecule has 0 aliphatic carbocycles. The van der Waals surface area contributed by atoms with Gasteiger partial charge in [0.05, 0.1) is 16.8 Å². The van der Waals surface area contributed by atoms with Gasteiger partial charge in [0.25, 0.3) is 0 Å². The zero-order valence-corrected chi connectivity index (χ0v) is 13.2. The highest BCUT2D eigenvalue weighted by molar-refractivity contribution is 7.09. The zero-order chi connectivity index (χ0) is 14.7. The van der Waals surface area contributed by atoms with Gasteiger partial charge in [0.15, 0.2) is 0 Å². The topological polar surface area (TPSA) is 42.4 Å². The molecule has 20 heavy (non-hydrogen) atoms. The second-order valence-corrected chi connectivity index (χ2v) is 6.23. The van der Waals surface area contributed by atoms with E-state index in [1.165, 1.54) is 0 Å². The van der Waals surface area contributed by atoms with Crippen molar-refractivity contribution in [2.75, 3.05) is 0 Å². The first-order chi connectivity index (χ1) is 9.47. The monoisotopic (exact) mass is 291 g/mol. The van der Waals surface area contributed by atoms with E-state index in [4.69, 9.17) is 4.74 Å². The lowest BCUT2D eigenvalue weighted by molar-refractivity contribution is 0.189. The fourth-order valence-electron chi connectivity index (χ4n) is 1.93. The van der Waals surface area contributed by atoms with Crippen molar-refractivity contribution in [2.24, 2.45) is 0 Å². The van der Waals surface area contributed by atoms with Crippen molar-refractivity contribution in [1.82, 2.24) is 4.98 Å². The fourth-order valence-corrected chi connectivity index (χ4v) is 2.75. The van der Waals surface area contributed by atoms with E-state index in [-0.39, 0.29) is 0 Å². The molecule has 0 saturated carbocycles. The standard InChI is InChI=1S/C16H21NO2S/c1-10(2)16-17-13(9-20-16)8-19-15-6-5-11(3)7-14(15)12(4)18/h5-7,9-10,12,18H,8H2,1-4H3/t12-/m0/s1. The van der Waals surface area contributed by atoms with Crippen LogP contribution < -0.4 is 4.74 Å². The molecule has 0 fully saturated rings. The first-order valence-corrected chi connectivity index (χ1v) is 7.71. The Balaban J connectivity index is 2.10. The minimum Gasteiger partial charge on any atom is -0.487 e. The molecule has 0 radical (unpaired) electrons. The summed E-state index contributed by atoms with van der Waals surface area (Å²) in [6.07, 6.45) is -0.536. The SMILES string of the molecule is Cc1ccc(OCc2csc(C(C)C)n2)c([C@H](C)O)c1. The van der Waals surface area contributed by atoms with E-state index in [2.05, 4.69) is 18.8 Å². The smallest absolute Gasteiger partial charge is 0.131 e. The normalized spacial score (nSPS) is 12.7. The average Bonchev–Trinajstić information content (AvgIpc) is 2.86. The Morgan fingerprint density at radius 3 is 2.65 bits per heavy atom. The maximum atomic E-state index is 9.81. The Bertz CT molecular complexity index is 576. The molecule has 1 heterocycles. The third-order valence-corrected chi connectivity index (χ3v) is 4.25. The van der Waals surface area contributed by atoms with Gasteiger partial charge in [-0.15, -0.1) is 11.3 Å². The summed E-state index contributed by atoms with van der Waals surface area (Å²) >= 11 is 1.67. The van der Waals surface area contributed by atoms with E-state index in [0.29, 0.717) is 12.5 Å². The Morgan fingerprint density at radius 1 is 1.30 bits per heavy atom. The van der Waals surface area contributed by atoms with Crippen LogP contribution in [0.1, 0.15) is 54.6 Å². The van der Waals surface area contributed by atoms with E-state index in [1.54, 1.807) is 18.3 Å². The summed E-state index contributed by atoms with van der Waals surface area (Å²) in [6.45, 7) is 8.46. The predicted octanol–water partition coefficient (Wildman–Crippen LogP) is 4.21. The first-order valence-electron chi connectivity index (χ1n) is 6.83. The van der Waals surface area contributed by atoms with Crippen molar-refractivity contribution in [1.29, 1.82) is 0 Å². The van der Waals surface area contributed by atoms with Crippen LogP contribution in [0.2, 0.25) is 0 Å². The number of benzene rings is 1. The maximum absolute atomic E-state index is 9.81. The highest BCUT2D eigenvalue weighted by atomic mass is 32.1. The number of aliphatic hydroxyl groups is 1.